The van der Waals surface area contributed by atoms with Crippen LogP contribution in [0.4, 0.5) is 4.39 Å². The molecule has 1 rings (SSSR count). The second kappa shape index (κ2) is 5.49. The number of hydrogen-bond donors (Lipinski definition) is 1. The van der Waals surface area contributed by atoms with Crippen LogP contribution in [0, 0.1) is 0 Å². The van der Waals surface area contributed by atoms with Crippen molar-refractivity contribution in [2.24, 2.45) is 0 Å². The Morgan fingerprint density at radius 2 is 2.45 bits per heavy atom. The fourth-order valence-corrected chi connectivity index (χ4v) is 1.27. The van der Waals surface area contributed by atoms with E-state index in [0.29, 0.717) is 19.1 Å². The maximum atomic E-state index is 11.7. The lowest BCUT2D eigenvalue weighted by Gasteiger charge is -2.22. The third-order valence-electron chi connectivity index (χ3n) is 1.88. The van der Waals surface area contributed by atoms with Crippen LogP contribution in [0.5, 0.6) is 0 Å². The van der Waals surface area contributed by atoms with Crippen LogP contribution >= 0.6 is 0 Å². The summed E-state index contributed by atoms with van der Waals surface area (Å²) in [6.45, 7) is 2.35. The average Bonchev–Trinajstić information content (AvgIpc) is 2.07. The number of ether oxygens (including phenoxy) is 1. The standard InChI is InChI=1S/C8H16FNO/c9-4-2-6-11-8-3-1-5-10-7-8/h8,10H,1-7H2. The van der Waals surface area contributed by atoms with Crippen molar-refractivity contribution >= 4 is 0 Å². The van der Waals surface area contributed by atoms with Crippen LogP contribution in [0.3, 0.4) is 0 Å². The van der Waals surface area contributed by atoms with Crippen molar-refractivity contribution in [2.75, 3.05) is 26.4 Å². The summed E-state index contributed by atoms with van der Waals surface area (Å²) in [4.78, 5) is 0. The minimum atomic E-state index is -0.264. The maximum absolute atomic E-state index is 11.7. The van der Waals surface area contributed by atoms with E-state index >= 15 is 0 Å². The smallest absolute Gasteiger partial charge is 0.0916 e. The van der Waals surface area contributed by atoms with Gasteiger partial charge in [-0.25, -0.2) is 0 Å². The topological polar surface area (TPSA) is 21.3 Å². The molecule has 0 saturated carbocycles. The summed E-state index contributed by atoms with van der Waals surface area (Å²) in [5, 5.41) is 3.24. The first-order valence-electron chi connectivity index (χ1n) is 4.32. The Morgan fingerprint density at radius 1 is 1.55 bits per heavy atom. The summed E-state index contributed by atoms with van der Waals surface area (Å²) in [6, 6.07) is 0. The van der Waals surface area contributed by atoms with Crippen molar-refractivity contribution in [2.45, 2.75) is 25.4 Å². The Labute approximate surface area is 67.1 Å². The van der Waals surface area contributed by atoms with Crippen molar-refractivity contribution in [1.29, 1.82) is 0 Å². The SMILES string of the molecule is FCCCOC1CCCNC1. The number of rotatable bonds is 4. The molecule has 2 nitrogen and oxygen atoms in total. The minimum absolute atomic E-state index is 0.264. The van der Waals surface area contributed by atoms with Gasteiger partial charge in [-0.15, -0.1) is 0 Å². The summed E-state index contributed by atoms with van der Waals surface area (Å²) in [5.41, 5.74) is 0. The molecule has 1 atom stereocenters. The van der Waals surface area contributed by atoms with Crippen molar-refractivity contribution < 1.29 is 9.13 Å². The van der Waals surface area contributed by atoms with E-state index in [1.165, 1.54) is 6.42 Å². The lowest BCUT2D eigenvalue weighted by molar-refractivity contribution is 0.0334. The Balaban J connectivity index is 1.96. The van der Waals surface area contributed by atoms with Gasteiger partial charge in [0, 0.05) is 13.2 Å². The quantitative estimate of drug-likeness (QED) is 0.624. The highest BCUT2D eigenvalue weighted by Gasteiger charge is 2.11. The zero-order valence-electron chi connectivity index (χ0n) is 6.81. The van der Waals surface area contributed by atoms with Crippen LogP contribution in [0.2, 0.25) is 0 Å². The van der Waals surface area contributed by atoms with E-state index in [1.54, 1.807) is 0 Å². The molecule has 1 fully saturated rings. The second-order valence-electron chi connectivity index (χ2n) is 2.88. The zero-order valence-corrected chi connectivity index (χ0v) is 6.81. The molecular weight excluding hydrogens is 145 g/mol. The molecule has 1 unspecified atom stereocenters. The molecule has 0 spiro atoms. The summed E-state index contributed by atoms with van der Waals surface area (Å²) >= 11 is 0. The Hall–Kier alpha value is -0.150. The maximum Gasteiger partial charge on any atom is 0.0916 e. The molecule has 0 amide bonds. The lowest BCUT2D eigenvalue weighted by atomic mass is 10.1. The lowest BCUT2D eigenvalue weighted by Crippen LogP contribution is -2.35. The van der Waals surface area contributed by atoms with Crippen LogP contribution in [0.15, 0.2) is 0 Å². The molecule has 11 heavy (non-hydrogen) atoms. The second-order valence-corrected chi connectivity index (χ2v) is 2.88. The largest absolute Gasteiger partial charge is 0.377 e. The molecule has 66 valence electrons. The Morgan fingerprint density at radius 3 is 3.09 bits per heavy atom. The number of hydrogen-bond acceptors (Lipinski definition) is 2. The van der Waals surface area contributed by atoms with Gasteiger partial charge in [0.1, 0.15) is 0 Å². The number of piperidine rings is 1. The summed E-state index contributed by atoms with van der Waals surface area (Å²) in [6.07, 6.45) is 3.17. The number of alkyl halides is 1. The predicted octanol–water partition coefficient (Wildman–Crippen LogP) is 1.11. The van der Waals surface area contributed by atoms with Crippen LogP contribution in [-0.2, 0) is 4.74 Å². The molecule has 3 heteroatoms. The molecule has 1 aliphatic heterocycles. The van der Waals surface area contributed by atoms with Crippen LogP contribution in [0.25, 0.3) is 0 Å². The first-order chi connectivity index (χ1) is 5.43. The van der Waals surface area contributed by atoms with Gasteiger partial charge < -0.3 is 10.1 Å². The number of halogens is 1. The molecule has 1 heterocycles. The zero-order chi connectivity index (χ0) is 7.94. The van der Waals surface area contributed by atoms with Gasteiger partial charge in [0.2, 0.25) is 0 Å². The molecule has 1 saturated heterocycles. The third-order valence-corrected chi connectivity index (χ3v) is 1.88. The fraction of sp³-hybridized carbons (Fsp3) is 1.00. The summed E-state index contributed by atoms with van der Waals surface area (Å²) in [5.74, 6) is 0. The molecule has 1 N–H and O–H groups in total. The molecule has 0 aromatic carbocycles. The van der Waals surface area contributed by atoms with E-state index in [9.17, 15) is 4.39 Å². The first kappa shape index (κ1) is 8.94. The van der Waals surface area contributed by atoms with Gasteiger partial charge in [0.25, 0.3) is 0 Å². The van der Waals surface area contributed by atoms with E-state index in [2.05, 4.69) is 5.32 Å². The molecule has 0 radical (unpaired) electrons. The normalized spacial score (nSPS) is 25.4. The van der Waals surface area contributed by atoms with Crippen molar-refractivity contribution in [1.82, 2.24) is 5.32 Å². The number of nitrogens with one attached hydrogen (secondary N) is 1. The van der Waals surface area contributed by atoms with E-state index < -0.39 is 0 Å². The van der Waals surface area contributed by atoms with Gasteiger partial charge in [-0.05, 0) is 25.8 Å². The van der Waals surface area contributed by atoms with Crippen molar-refractivity contribution in [3.63, 3.8) is 0 Å². The van der Waals surface area contributed by atoms with Gasteiger partial charge in [-0.1, -0.05) is 0 Å². The van der Waals surface area contributed by atoms with Gasteiger partial charge in [-0.3, -0.25) is 4.39 Å². The summed E-state index contributed by atoms with van der Waals surface area (Å²) < 4.78 is 17.1. The third kappa shape index (κ3) is 3.68. The fourth-order valence-electron chi connectivity index (χ4n) is 1.27. The van der Waals surface area contributed by atoms with E-state index in [4.69, 9.17) is 4.74 Å². The highest BCUT2D eigenvalue weighted by Crippen LogP contribution is 2.05. The van der Waals surface area contributed by atoms with Gasteiger partial charge >= 0.3 is 0 Å². The Kier molecular flexibility index (Phi) is 4.47. The molecule has 0 aromatic rings. The predicted molar refractivity (Wildman–Crippen MR) is 42.4 cm³/mol. The van der Waals surface area contributed by atoms with Crippen molar-refractivity contribution in [3.05, 3.63) is 0 Å². The molecular formula is C8H16FNO. The van der Waals surface area contributed by atoms with Gasteiger partial charge in [0.05, 0.1) is 12.8 Å². The first-order valence-corrected chi connectivity index (χ1v) is 4.32. The molecule has 0 bridgehead atoms. The van der Waals surface area contributed by atoms with Crippen LogP contribution < -0.4 is 5.32 Å². The Bertz CT molecular complexity index is 94.1. The monoisotopic (exact) mass is 161 g/mol. The molecule has 0 aliphatic carbocycles. The summed E-state index contributed by atoms with van der Waals surface area (Å²) in [7, 11) is 0. The average molecular weight is 161 g/mol. The van der Waals surface area contributed by atoms with Gasteiger partial charge in [0.15, 0.2) is 0 Å². The van der Waals surface area contributed by atoms with E-state index in [-0.39, 0.29) is 6.67 Å². The highest BCUT2D eigenvalue weighted by atomic mass is 19.1. The molecule has 1 aliphatic rings. The highest BCUT2D eigenvalue weighted by molar-refractivity contribution is 4.68. The molecule has 0 aromatic heterocycles. The van der Waals surface area contributed by atoms with Gasteiger partial charge in [-0.2, -0.15) is 0 Å². The minimum Gasteiger partial charge on any atom is -0.377 e. The van der Waals surface area contributed by atoms with E-state index in [1.807, 2.05) is 0 Å². The van der Waals surface area contributed by atoms with Crippen LogP contribution in [-0.4, -0.2) is 32.5 Å². The van der Waals surface area contributed by atoms with Crippen LogP contribution in [0.1, 0.15) is 19.3 Å². The van der Waals surface area contributed by atoms with E-state index in [0.717, 1.165) is 19.5 Å². The van der Waals surface area contributed by atoms with Crippen molar-refractivity contribution in [3.8, 4) is 0 Å².